The summed E-state index contributed by atoms with van der Waals surface area (Å²) in [5.74, 6) is 0.897. The van der Waals surface area contributed by atoms with Gasteiger partial charge in [0.2, 0.25) is 0 Å². The number of amides is 2. The normalized spacial score (nSPS) is 12.5. The van der Waals surface area contributed by atoms with Crippen molar-refractivity contribution < 1.29 is 14.3 Å². The number of para-hydroxylation sites is 2. The topological polar surface area (TPSA) is 58.6 Å². The van der Waals surface area contributed by atoms with E-state index in [4.69, 9.17) is 4.74 Å². The maximum Gasteiger partial charge on any atom is 0.259 e. The van der Waals surface area contributed by atoms with Gasteiger partial charge in [0.1, 0.15) is 11.5 Å². The number of carbonyl (C=O) groups is 2. The van der Waals surface area contributed by atoms with Crippen LogP contribution in [0.15, 0.2) is 103 Å². The van der Waals surface area contributed by atoms with E-state index in [1.54, 1.807) is 12.1 Å². The van der Waals surface area contributed by atoms with Crippen LogP contribution in [0.2, 0.25) is 0 Å². The van der Waals surface area contributed by atoms with E-state index in [9.17, 15) is 9.59 Å². The highest BCUT2D eigenvalue weighted by Crippen LogP contribution is 2.32. The fraction of sp³-hybridized carbons (Fsp3) is 0.103. The van der Waals surface area contributed by atoms with Crippen molar-refractivity contribution in [2.45, 2.75) is 12.8 Å². The number of rotatable bonds is 5. The Morgan fingerprint density at radius 1 is 0.794 bits per heavy atom. The molecule has 1 aliphatic heterocycles. The van der Waals surface area contributed by atoms with Gasteiger partial charge in [0.15, 0.2) is 0 Å². The van der Waals surface area contributed by atoms with Crippen LogP contribution in [0, 0.1) is 0 Å². The molecule has 5 rings (SSSR count). The van der Waals surface area contributed by atoms with Crippen molar-refractivity contribution >= 4 is 23.2 Å². The SMILES string of the molecule is O=C(Nc1ccc2c(c1)CCCN2C(=O)c1ccccc1)c1ccccc1Oc1ccccc1. The second-order valence-electron chi connectivity index (χ2n) is 8.14. The molecule has 4 aromatic rings. The summed E-state index contributed by atoms with van der Waals surface area (Å²) in [4.78, 5) is 28.0. The first-order valence-corrected chi connectivity index (χ1v) is 11.3. The minimum Gasteiger partial charge on any atom is -0.457 e. The van der Waals surface area contributed by atoms with Crippen LogP contribution in [0.1, 0.15) is 32.7 Å². The Morgan fingerprint density at radius 3 is 2.29 bits per heavy atom. The molecule has 0 bridgehead atoms. The molecule has 4 aromatic carbocycles. The largest absolute Gasteiger partial charge is 0.457 e. The van der Waals surface area contributed by atoms with E-state index in [2.05, 4.69) is 5.32 Å². The Kier molecular flexibility index (Phi) is 6.08. The standard InChI is InChI=1S/C29H24N2O3/c32-28(25-15-7-8-16-27(25)34-24-13-5-2-6-14-24)30-23-17-18-26-22(20-23)12-9-19-31(26)29(33)21-10-3-1-4-11-21/h1-8,10-11,13-18,20H,9,12,19H2,(H,30,32). The fourth-order valence-electron chi connectivity index (χ4n) is 4.18. The number of ether oxygens (including phenoxy) is 1. The quantitative estimate of drug-likeness (QED) is 0.388. The van der Waals surface area contributed by atoms with Gasteiger partial charge in [0.25, 0.3) is 11.8 Å². The number of hydrogen-bond donors (Lipinski definition) is 1. The number of carbonyl (C=O) groups excluding carboxylic acids is 2. The first-order valence-electron chi connectivity index (χ1n) is 11.3. The molecule has 5 heteroatoms. The van der Waals surface area contributed by atoms with Crippen molar-refractivity contribution in [2.75, 3.05) is 16.8 Å². The van der Waals surface area contributed by atoms with Crippen LogP contribution in [0.4, 0.5) is 11.4 Å². The third kappa shape index (κ3) is 4.55. The Bertz CT molecular complexity index is 1320. The van der Waals surface area contributed by atoms with Crippen LogP contribution in [0.25, 0.3) is 0 Å². The first-order chi connectivity index (χ1) is 16.7. The van der Waals surface area contributed by atoms with Gasteiger partial charge in [-0.15, -0.1) is 0 Å². The van der Waals surface area contributed by atoms with E-state index in [1.807, 2.05) is 95.9 Å². The van der Waals surface area contributed by atoms with Crippen molar-refractivity contribution in [3.8, 4) is 11.5 Å². The molecule has 168 valence electrons. The molecule has 0 fully saturated rings. The molecule has 0 aliphatic carbocycles. The molecular weight excluding hydrogens is 424 g/mol. The molecule has 0 saturated heterocycles. The summed E-state index contributed by atoms with van der Waals surface area (Å²) in [6.07, 6.45) is 1.72. The van der Waals surface area contributed by atoms with Crippen LogP contribution in [-0.4, -0.2) is 18.4 Å². The van der Waals surface area contributed by atoms with Crippen molar-refractivity contribution in [3.05, 3.63) is 120 Å². The smallest absolute Gasteiger partial charge is 0.259 e. The molecule has 2 amide bonds. The first kappa shape index (κ1) is 21.5. The lowest BCUT2D eigenvalue weighted by atomic mass is 10.00. The summed E-state index contributed by atoms with van der Waals surface area (Å²) in [5, 5.41) is 2.99. The predicted molar refractivity (Wildman–Crippen MR) is 134 cm³/mol. The number of anilines is 2. The Labute approximate surface area is 198 Å². The van der Waals surface area contributed by atoms with Crippen molar-refractivity contribution in [1.29, 1.82) is 0 Å². The van der Waals surface area contributed by atoms with Gasteiger partial charge < -0.3 is 15.0 Å². The highest BCUT2D eigenvalue weighted by Gasteiger charge is 2.24. The highest BCUT2D eigenvalue weighted by atomic mass is 16.5. The molecule has 0 atom stereocenters. The van der Waals surface area contributed by atoms with E-state index in [1.165, 1.54) is 0 Å². The summed E-state index contributed by atoms with van der Waals surface area (Å²) in [6, 6.07) is 31.6. The molecule has 1 aliphatic rings. The number of benzene rings is 4. The number of hydrogen-bond acceptors (Lipinski definition) is 3. The van der Waals surface area contributed by atoms with Gasteiger partial charge in [0.05, 0.1) is 5.56 Å². The van der Waals surface area contributed by atoms with E-state index < -0.39 is 0 Å². The molecule has 1 N–H and O–H groups in total. The average Bonchev–Trinajstić information content (AvgIpc) is 2.89. The summed E-state index contributed by atoms with van der Waals surface area (Å²) >= 11 is 0. The van der Waals surface area contributed by atoms with Gasteiger partial charge in [-0.2, -0.15) is 0 Å². The lowest BCUT2D eigenvalue weighted by Gasteiger charge is -2.30. The molecule has 34 heavy (non-hydrogen) atoms. The Hall–Kier alpha value is -4.38. The molecule has 0 saturated carbocycles. The van der Waals surface area contributed by atoms with Gasteiger partial charge in [0, 0.05) is 23.5 Å². The maximum absolute atomic E-state index is 13.1. The number of nitrogens with one attached hydrogen (secondary N) is 1. The van der Waals surface area contributed by atoms with E-state index in [0.29, 0.717) is 34.9 Å². The van der Waals surface area contributed by atoms with Crippen LogP contribution >= 0.6 is 0 Å². The molecule has 0 radical (unpaired) electrons. The minimum absolute atomic E-state index is 0.00896. The summed E-state index contributed by atoms with van der Waals surface area (Å²) in [5.41, 5.74) is 3.74. The predicted octanol–water partition coefficient (Wildman–Crippen LogP) is 6.32. The lowest BCUT2D eigenvalue weighted by Crippen LogP contribution is -2.35. The van der Waals surface area contributed by atoms with Gasteiger partial charge in [-0.3, -0.25) is 9.59 Å². The van der Waals surface area contributed by atoms with Crippen LogP contribution in [0.3, 0.4) is 0 Å². The zero-order valence-corrected chi connectivity index (χ0v) is 18.6. The minimum atomic E-state index is -0.250. The second kappa shape index (κ2) is 9.63. The van der Waals surface area contributed by atoms with Crippen molar-refractivity contribution in [1.82, 2.24) is 0 Å². The average molecular weight is 449 g/mol. The molecule has 0 unspecified atom stereocenters. The summed E-state index contributed by atoms with van der Waals surface area (Å²) < 4.78 is 5.94. The third-order valence-corrected chi connectivity index (χ3v) is 5.82. The summed E-state index contributed by atoms with van der Waals surface area (Å²) in [6.45, 7) is 0.677. The Balaban J connectivity index is 1.36. The van der Waals surface area contributed by atoms with E-state index in [-0.39, 0.29) is 11.8 Å². The van der Waals surface area contributed by atoms with E-state index in [0.717, 1.165) is 24.1 Å². The molecule has 0 aromatic heterocycles. The lowest BCUT2D eigenvalue weighted by molar-refractivity contribution is 0.0983. The third-order valence-electron chi connectivity index (χ3n) is 5.82. The zero-order valence-electron chi connectivity index (χ0n) is 18.6. The van der Waals surface area contributed by atoms with Gasteiger partial charge in [-0.05, 0) is 73.0 Å². The summed E-state index contributed by atoms with van der Waals surface area (Å²) in [7, 11) is 0. The number of nitrogens with zero attached hydrogens (tertiary/aromatic N) is 1. The van der Waals surface area contributed by atoms with Crippen LogP contribution in [0.5, 0.6) is 11.5 Å². The molecular formula is C29H24N2O3. The maximum atomic E-state index is 13.1. The van der Waals surface area contributed by atoms with Gasteiger partial charge >= 0.3 is 0 Å². The van der Waals surface area contributed by atoms with Crippen LogP contribution in [-0.2, 0) is 6.42 Å². The molecule has 1 heterocycles. The van der Waals surface area contributed by atoms with Crippen molar-refractivity contribution in [3.63, 3.8) is 0 Å². The Morgan fingerprint density at radius 2 is 1.50 bits per heavy atom. The van der Waals surface area contributed by atoms with Crippen LogP contribution < -0.4 is 15.0 Å². The van der Waals surface area contributed by atoms with E-state index >= 15 is 0 Å². The molecule has 5 nitrogen and oxygen atoms in total. The zero-order chi connectivity index (χ0) is 23.3. The van der Waals surface area contributed by atoms with Crippen molar-refractivity contribution in [2.24, 2.45) is 0 Å². The fourth-order valence-corrected chi connectivity index (χ4v) is 4.18. The second-order valence-corrected chi connectivity index (χ2v) is 8.14. The monoisotopic (exact) mass is 448 g/mol. The van der Waals surface area contributed by atoms with Gasteiger partial charge in [-0.25, -0.2) is 0 Å². The number of fused-ring (bicyclic) bond motifs is 1. The highest BCUT2D eigenvalue weighted by molar-refractivity contribution is 6.08. The molecule has 0 spiro atoms. The number of aryl methyl sites for hydroxylation is 1. The van der Waals surface area contributed by atoms with Gasteiger partial charge in [-0.1, -0.05) is 48.5 Å².